The van der Waals surface area contributed by atoms with E-state index in [1.165, 1.54) is 6.42 Å². The quantitative estimate of drug-likeness (QED) is 0.324. The molecule has 0 spiro atoms. The first-order valence-corrected chi connectivity index (χ1v) is 9.61. The van der Waals surface area contributed by atoms with Crippen LogP contribution in [0.4, 0.5) is 5.82 Å². The van der Waals surface area contributed by atoms with Gasteiger partial charge in [-0.05, 0) is 38.2 Å². The number of primary amides is 1. The molecule has 0 aromatic carbocycles. The molecule has 1 saturated carbocycles. The van der Waals surface area contributed by atoms with E-state index in [-0.39, 0.29) is 35.8 Å². The molecule has 2 heterocycles. The number of carbonyl (C=O) groups excluding carboxylic acids is 1. The Morgan fingerprint density at radius 3 is 2.70 bits per heavy atom. The highest BCUT2D eigenvalue weighted by Gasteiger charge is 2.33. The number of piperidine rings is 1. The van der Waals surface area contributed by atoms with Crippen LogP contribution in [0.25, 0.3) is 0 Å². The second-order valence-electron chi connectivity index (χ2n) is 7.31. The third-order valence-electron chi connectivity index (χ3n) is 5.25. The van der Waals surface area contributed by atoms with Crippen LogP contribution in [0, 0.1) is 11.8 Å². The summed E-state index contributed by atoms with van der Waals surface area (Å²) in [5.74, 6) is 2.35. The zero-order chi connectivity index (χ0) is 18.5. The largest absolute Gasteiger partial charge is 0.369 e. The van der Waals surface area contributed by atoms with E-state index < -0.39 is 0 Å². The van der Waals surface area contributed by atoms with E-state index in [9.17, 15) is 4.79 Å². The molecule has 1 saturated heterocycles. The highest BCUT2D eigenvalue weighted by atomic mass is 127. The fourth-order valence-corrected chi connectivity index (χ4v) is 3.40. The molecule has 0 radical (unpaired) electrons. The van der Waals surface area contributed by atoms with Crippen molar-refractivity contribution in [3.8, 4) is 0 Å². The van der Waals surface area contributed by atoms with Gasteiger partial charge in [0.25, 0.3) is 0 Å². The van der Waals surface area contributed by atoms with Gasteiger partial charge in [-0.2, -0.15) is 0 Å². The Morgan fingerprint density at radius 2 is 2.11 bits per heavy atom. The SMILES string of the molecule is CCNC(=NCc1cccnc1N1CCC(C(N)=O)CC1)NC1CC1C.I. The molecule has 0 bridgehead atoms. The molecular formula is C19H31IN6O. The molecule has 4 N–H and O–H groups in total. The number of aliphatic imine (C=N–C) groups is 1. The van der Waals surface area contributed by atoms with Crippen LogP contribution in [0.5, 0.6) is 0 Å². The van der Waals surface area contributed by atoms with Gasteiger partial charge in [-0.15, -0.1) is 24.0 Å². The summed E-state index contributed by atoms with van der Waals surface area (Å²) in [7, 11) is 0. The summed E-state index contributed by atoms with van der Waals surface area (Å²) < 4.78 is 0. The van der Waals surface area contributed by atoms with Crippen molar-refractivity contribution in [3.05, 3.63) is 23.9 Å². The molecule has 2 aliphatic rings. The van der Waals surface area contributed by atoms with Crippen molar-refractivity contribution in [2.45, 2.75) is 45.7 Å². The van der Waals surface area contributed by atoms with Crippen molar-refractivity contribution in [1.29, 1.82) is 0 Å². The lowest BCUT2D eigenvalue weighted by atomic mass is 9.96. The van der Waals surface area contributed by atoms with Gasteiger partial charge in [0.1, 0.15) is 5.82 Å². The van der Waals surface area contributed by atoms with Crippen molar-refractivity contribution in [2.75, 3.05) is 24.5 Å². The number of halogens is 1. The second-order valence-corrected chi connectivity index (χ2v) is 7.31. The monoisotopic (exact) mass is 486 g/mol. The van der Waals surface area contributed by atoms with Gasteiger partial charge in [0, 0.05) is 43.4 Å². The second kappa shape index (κ2) is 10.1. The maximum Gasteiger partial charge on any atom is 0.220 e. The van der Waals surface area contributed by atoms with Crippen LogP contribution in [-0.2, 0) is 11.3 Å². The number of pyridine rings is 1. The zero-order valence-corrected chi connectivity index (χ0v) is 18.5. The van der Waals surface area contributed by atoms with Crippen LogP contribution >= 0.6 is 24.0 Å². The number of anilines is 1. The molecule has 27 heavy (non-hydrogen) atoms. The smallest absolute Gasteiger partial charge is 0.220 e. The third-order valence-corrected chi connectivity index (χ3v) is 5.25. The summed E-state index contributed by atoms with van der Waals surface area (Å²) in [6.07, 6.45) is 4.60. The standard InChI is InChI=1S/C19H30N6O.HI/c1-3-21-19(24-16-11-13(16)2)23-12-15-5-4-8-22-18(15)25-9-6-14(7-10-25)17(20)26;/h4-5,8,13-14,16H,3,6-7,9-12H2,1-2H3,(H2,20,26)(H2,21,23,24);1H. The molecule has 1 aromatic rings. The van der Waals surface area contributed by atoms with E-state index in [4.69, 9.17) is 10.7 Å². The van der Waals surface area contributed by atoms with E-state index >= 15 is 0 Å². The molecule has 1 amide bonds. The molecule has 2 atom stereocenters. The summed E-state index contributed by atoms with van der Waals surface area (Å²) in [6, 6.07) is 4.57. The van der Waals surface area contributed by atoms with Gasteiger partial charge in [0.05, 0.1) is 6.54 Å². The first kappa shape index (κ1) is 21.7. The van der Waals surface area contributed by atoms with E-state index in [2.05, 4.69) is 40.4 Å². The fraction of sp³-hybridized carbons (Fsp3) is 0.632. The maximum absolute atomic E-state index is 11.4. The number of nitrogens with two attached hydrogens (primary N) is 1. The van der Waals surface area contributed by atoms with E-state index in [0.29, 0.717) is 12.6 Å². The number of nitrogens with zero attached hydrogens (tertiary/aromatic N) is 3. The lowest BCUT2D eigenvalue weighted by Crippen LogP contribution is -2.40. The number of carbonyl (C=O) groups is 1. The lowest BCUT2D eigenvalue weighted by molar-refractivity contribution is -0.122. The van der Waals surface area contributed by atoms with Gasteiger partial charge in [0.15, 0.2) is 5.96 Å². The minimum atomic E-state index is -0.189. The average molecular weight is 486 g/mol. The Hall–Kier alpha value is -1.58. The normalized spacial score (nSPS) is 22.7. The molecule has 8 heteroatoms. The number of guanidine groups is 1. The first-order valence-electron chi connectivity index (χ1n) is 9.61. The Kier molecular flexibility index (Phi) is 8.12. The summed E-state index contributed by atoms with van der Waals surface area (Å²) in [5, 5.41) is 6.80. The highest BCUT2D eigenvalue weighted by Crippen LogP contribution is 2.29. The van der Waals surface area contributed by atoms with Crippen LogP contribution in [0.2, 0.25) is 0 Å². The van der Waals surface area contributed by atoms with E-state index in [1.54, 1.807) is 0 Å². The Morgan fingerprint density at radius 1 is 1.41 bits per heavy atom. The predicted molar refractivity (Wildman–Crippen MR) is 119 cm³/mol. The van der Waals surface area contributed by atoms with Crippen LogP contribution in [0.15, 0.2) is 23.3 Å². The predicted octanol–water partition coefficient (Wildman–Crippen LogP) is 1.86. The molecule has 7 nitrogen and oxygen atoms in total. The first-order chi connectivity index (χ1) is 12.6. The number of nitrogens with one attached hydrogen (secondary N) is 2. The Balaban J connectivity index is 0.00000261. The molecule has 1 aliphatic heterocycles. The number of aromatic nitrogens is 1. The number of hydrogen-bond acceptors (Lipinski definition) is 4. The minimum absolute atomic E-state index is 0. The third kappa shape index (κ3) is 5.95. The maximum atomic E-state index is 11.4. The molecule has 1 aliphatic carbocycles. The average Bonchev–Trinajstić information content (AvgIpc) is 3.35. The van der Waals surface area contributed by atoms with E-state index in [0.717, 1.165) is 55.7 Å². The molecule has 3 rings (SSSR count). The molecule has 1 aromatic heterocycles. The van der Waals surface area contributed by atoms with Crippen LogP contribution in [-0.4, -0.2) is 42.5 Å². The Bertz CT molecular complexity index is 659. The topological polar surface area (TPSA) is 95.6 Å². The van der Waals surface area contributed by atoms with Crippen LogP contribution in [0.3, 0.4) is 0 Å². The van der Waals surface area contributed by atoms with Crippen molar-refractivity contribution in [1.82, 2.24) is 15.6 Å². The van der Waals surface area contributed by atoms with Gasteiger partial charge in [0.2, 0.25) is 5.91 Å². The summed E-state index contributed by atoms with van der Waals surface area (Å²) >= 11 is 0. The van der Waals surface area contributed by atoms with Crippen molar-refractivity contribution in [3.63, 3.8) is 0 Å². The summed E-state index contributed by atoms with van der Waals surface area (Å²) in [6.45, 7) is 7.35. The summed E-state index contributed by atoms with van der Waals surface area (Å²) in [4.78, 5) is 23.0. The van der Waals surface area contributed by atoms with Crippen LogP contribution in [0.1, 0.15) is 38.7 Å². The van der Waals surface area contributed by atoms with Crippen molar-refractivity contribution < 1.29 is 4.79 Å². The van der Waals surface area contributed by atoms with Gasteiger partial charge in [-0.25, -0.2) is 9.98 Å². The molecular weight excluding hydrogens is 455 g/mol. The number of hydrogen-bond donors (Lipinski definition) is 3. The minimum Gasteiger partial charge on any atom is -0.369 e. The van der Waals surface area contributed by atoms with Crippen molar-refractivity contribution >= 4 is 41.7 Å². The highest BCUT2D eigenvalue weighted by molar-refractivity contribution is 14.0. The van der Waals surface area contributed by atoms with Crippen LogP contribution < -0.4 is 21.3 Å². The molecule has 2 fully saturated rings. The van der Waals surface area contributed by atoms with Gasteiger partial charge >= 0.3 is 0 Å². The molecule has 2 unspecified atom stereocenters. The lowest BCUT2D eigenvalue weighted by Gasteiger charge is -2.32. The Labute approximate surface area is 178 Å². The fourth-order valence-electron chi connectivity index (χ4n) is 3.40. The van der Waals surface area contributed by atoms with E-state index in [1.807, 2.05) is 12.3 Å². The van der Waals surface area contributed by atoms with Gasteiger partial charge < -0.3 is 21.3 Å². The molecule has 150 valence electrons. The zero-order valence-electron chi connectivity index (χ0n) is 16.1. The van der Waals surface area contributed by atoms with Gasteiger partial charge in [-0.1, -0.05) is 13.0 Å². The summed E-state index contributed by atoms with van der Waals surface area (Å²) in [5.41, 5.74) is 6.54. The number of amides is 1. The van der Waals surface area contributed by atoms with Crippen molar-refractivity contribution in [2.24, 2.45) is 22.6 Å². The number of rotatable bonds is 6. The van der Waals surface area contributed by atoms with Gasteiger partial charge in [-0.3, -0.25) is 4.79 Å².